The molecule has 3 heterocycles. The molecule has 0 unspecified atom stereocenters. The summed E-state index contributed by atoms with van der Waals surface area (Å²) in [5.74, 6) is 0. The average molecular weight is 795 g/mol. The lowest BCUT2D eigenvalue weighted by molar-refractivity contribution is 0.332. The summed E-state index contributed by atoms with van der Waals surface area (Å²) in [5.41, 5.74) is 20.2. The quantitative estimate of drug-likeness (QED) is 0.164. The van der Waals surface area contributed by atoms with Crippen molar-refractivity contribution in [1.82, 2.24) is 0 Å². The molecular formula is C55H63BN2S. The summed E-state index contributed by atoms with van der Waals surface area (Å²) in [6.07, 6.45) is 4.46. The third kappa shape index (κ3) is 6.25. The molecule has 9 rings (SSSR count). The summed E-state index contributed by atoms with van der Waals surface area (Å²) in [6, 6.07) is 34.0. The lowest BCUT2D eigenvalue weighted by atomic mass is 9.33. The fourth-order valence-corrected chi connectivity index (χ4v) is 11.5. The molecule has 0 saturated heterocycles. The molecule has 59 heavy (non-hydrogen) atoms. The minimum absolute atomic E-state index is 0.00676. The molecule has 0 radical (unpaired) electrons. The average Bonchev–Trinajstić information content (AvgIpc) is 3.53. The SMILES string of the molecule is C=Cc1cc(C(C)(C)C)ccc1N1c2cc(C)cc3c2B(c2cc(C(C)(C)C)ccc2N3c2ccc(C(C)(C)C)cc2)c2c1sc1cc3c(cc21)C(C)(C)CCC3(C)C. The highest BCUT2D eigenvalue weighted by atomic mass is 32.1. The monoisotopic (exact) mass is 794 g/mol. The minimum Gasteiger partial charge on any atom is -0.311 e. The first-order chi connectivity index (χ1) is 27.5. The van der Waals surface area contributed by atoms with Gasteiger partial charge in [-0.25, -0.2) is 0 Å². The second-order valence-electron chi connectivity index (χ2n) is 22.4. The molecular weight excluding hydrogens is 731 g/mol. The fraction of sp³-hybridized carbons (Fsp3) is 0.382. The number of rotatable bonds is 3. The highest BCUT2D eigenvalue weighted by Crippen LogP contribution is 2.53. The van der Waals surface area contributed by atoms with Gasteiger partial charge in [0.1, 0.15) is 0 Å². The Balaban J connectivity index is 1.43. The van der Waals surface area contributed by atoms with Crippen molar-refractivity contribution >= 4 is 84.0 Å². The number of benzene rings is 5. The molecule has 1 aromatic heterocycles. The molecule has 0 amide bonds. The molecule has 0 N–H and O–H groups in total. The van der Waals surface area contributed by atoms with Gasteiger partial charge in [-0.1, -0.05) is 133 Å². The summed E-state index contributed by atoms with van der Waals surface area (Å²) in [6.45, 7) is 37.5. The highest BCUT2D eigenvalue weighted by molar-refractivity contribution is 7.26. The van der Waals surface area contributed by atoms with E-state index in [1.807, 2.05) is 11.3 Å². The Kier molecular flexibility index (Phi) is 8.78. The van der Waals surface area contributed by atoms with Crippen molar-refractivity contribution in [3.05, 3.63) is 130 Å². The molecule has 0 spiro atoms. The van der Waals surface area contributed by atoms with E-state index in [0.29, 0.717) is 0 Å². The summed E-state index contributed by atoms with van der Waals surface area (Å²) >= 11 is 1.99. The first-order valence-corrected chi connectivity index (χ1v) is 22.7. The van der Waals surface area contributed by atoms with Crippen molar-refractivity contribution in [2.45, 2.75) is 137 Å². The summed E-state index contributed by atoms with van der Waals surface area (Å²) in [7, 11) is 0. The van der Waals surface area contributed by atoms with E-state index in [2.05, 4.69) is 204 Å². The molecule has 1 aliphatic carbocycles. The zero-order valence-electron chi connectivity index (χ0n) is 38.2. The lowest BCUT2D eigenvalue weighted by Crippen LogP contribution is -2.61. The number of hydrogen-bond donors (Lipinski definition) is 0. The maximum absolute atomic E-state index is 4.43. The maximum Gasteiger partial charge on any atom is 0.254 e. The van der Waals surface area contributed by atoms with Gasteiger partial charge in [-0.05, 0) is 162 Å². The van der Waals surface area contributed by atoms with Crippen molar-refractivity contribution in [1.29, 1.82) is 0 Å². The van der Waals surface area contributed by atoms with Crippen molar-refractivity contribution in [2.75, 3.05) is 9.80 Å². The summed E-state index contributed by atoms with van der Waals surface area (Å²) in [4.78, 5) is 5.19. The van der Waals surface area contributed by atoms with Gasteiger partial charge >= 0.3 is 0 Å². The van der Waals surface area contributed by atoms with Crippen LogP contribution in [0.15, 0.2) is 91.5 Å². The fourth-order valence-electron chi connectivity index (χ4n) is 10.2. The molecule has 302 valence electrons. The second kappa shape index (κ2) is 13.0. The number of fused-ring (bicyclic) bond motifs is 7. The number of nitrogens with zero attached hydrogens (tertiary/aromatic N) is 2. The van der Waals surface area contributed by atoms with Crippen LogP contribution in [0.1, 0.15) is 142 Å². The molecule has 3 aliphatic rings. The number of aryl methyl sites for hydroxylation is 1. The van der Waals surface area contributed by atoms with Gasteiger partial charge < -0.3 is 9.80 Å². The zero-order chi connectivity index (χ0) is 42.4. The number of hydrogen-bond acceptors (Lipinski definition) is 3. The normalized spacial score (nSPS) is 16.7. The predicted octanol–water partition coefficient (Wildman–Crippen LogP) is 14.2. The molecule has 4 heteroatoms. The minimum atomic E-state index is -0.00676. The van der Waals surface area contributed by atoms with Crippen LogP contribution in [0.3, 0.4) is 0 Å². The largest absolute Gasteiger partial charge is 0.311 e. The number of thiophene rings is 1. The van der Waals surface area contributed by atoms with Gasteiger partial charge in [0.05, 0.1) is 10.7 Å². The van der Waals surface area contributed by atoms with Gasteiger partial charge in [0.25, 0.3) is 6.71 Å². The van der Waals surface area contributed by atoms with Crippen molar-refractivity contribution in [2.24, 2.45) is 0 Å². The number of anilines is 6. The van der Waals surface area contributed by atoms with Gasteiger partial charge in [-0.2, -0.15) is 0 Å². The van der Waals surface area contributed by atoms with E-state index in [1.165, 1.54) is 106 Å². The van der Waals surface area contributed by atoms with E-state index in [0.717, 1.165) is 5.56 Å². The molecule has 2 aliphatic heterocycles. The van der Waals surface area contributed by atoms with Crippen molar-refractivity contribution in [3.8, 4) is 0 Å². The third-order valence-electron chi connectivity index (χ3n) is 14.0. The van der Waals surface area contributed by atoms with Crippen LogP contribution in [0, 0.1) is 6.92 Å². The first-order valence-electron chi connectivity index (χ1n) is 21.9. The Morgan fingerprint density at radius 3 is 1.69 bits per heavy atom. The van der Waals surface area contributed by atoms with E-state index < -0.39 is 0 Å². The third-order valence-corrected chi connectivity index (χ3v) is 15.2. The Hall–Kier alpha value is -4.54. The Morgan fingerprint density at radius 2 is 1.12 bits per heavy atom. The van der Waals surface area contributed by atoms with Crippen LogP contribution in [0.4, 0.5) is 33.4 Å². The second-order valence-corrected chi connectivity index (χ2v) is 23.4. The standard InChI is InChI=1S/C55H63BN2S/c1-16-34-29-36(52(6,7)8)19-23-43(34)58-46-28-33(2)27-45-49(46)56(48-39-31-40-41(32-47(39)59-50(48)58)55(14,15)26-25-54(40,12)13)42-30-37(53(9,10)11)20-24-44(42)57(45)38-21-17-35(18-22-38)51(3,4)5/h16-24,27-32H,1,25-26H2,2-15H3. The van der Waals surface area contributed by atoms with Gasteiger partial charge in [0.2, 0.25) is 0 Å². The molecule has 6 aromatic rings. The highest BCUT2D eigenvalue weighted by Gasteiger charge is 2.47. The van der Waals surface area contributed by atoms with E-state index in [1.54, 1.807) is 0 Å². The molecule has 0 bridgehead atoms. The van der Waals surface area contributed by atoms with E-state index in [-0.39, 0.29) is 33.8 Å². The summed E-state index contributed by atoms with van der Waals surface area (Å²) < 4.78 is 1.38. The van der Waals surface area contributed by atoms with Crippen LogP contribution in [-0.4, -0.2) is 6.71 Å². The van der Waals surface area contributed by atoms with Crippen molar-refractivity contribution in [3.63, 3.8) is 0 Å². The van der Waals surface area contributed by atoms with Crippen LogP contribution in [0.5, 0.6) is 0 Å². The Bertz CT molecular complexity index is 2700. The topological polar surface area (TPSA) is 6.48 Å². The molecule has 5 aromatic carbocycles. The molecule has 0 fully saturated rings. The molecule has 0 atom stereocenters. The van der Waals surface area contributed by atoms with Gasteiger partial charge in [0, 0.05) is 27.4 Å². The Morgan fingerprint density at radius 1 is 0.593 bits per heavy atom. The smallest absolute Gasteiger partial charge is 0.254 e. The van der Waals surface area contributed by atoms with Crippen LogP contribution in [0.2, 0.25) is 0 Å². The first kappa shape index (κ1) is 39.9. The van der Waals surface area contributed by atoms with E-state index in [9.17, 15) is 0 Å². The summed E-state index contributed by atoms with van der Waals surface area (Å²) in [5, 5.41) is 2.73. The lowest BCUT2D eigenvalue weighted by Gasteiger charge is -2.44. The zero-order valence-corrected chi connectivity index (χ0v) is 39.0. The van der Waals surface area contributed by atoms with Gasteiger partial charge in [-0.15, -0.1) is 11.3 Å². The van der Waals surface area contributed by atoms with Crippen LogP contribution in [0.25, 0.3) is 16.2 Å². The molecule has 2 nitrogen and oxygen atoms in total. The molecule has 0 saturated carbocycles. The maximum atomic E-state index is 4.43. The van der Waals surface area contributed by atoms with Gasteiger partial charge in [0.15, 0.2) is 0 Å². The van der Waals surface area contributed by atoms with Crippen LogP contribution < -0.4 is 26.2 Å². The predicted molar refractivity (Wildman–Crippen MR) is 262 cm³/mol. The van der Waals surface area contributed by atoms with E-state index >= 15 is 0 Å². The van der Waals surface area contributed by atoms with Crippen LogP contribution >= 0.6 is 11.3 Å². The van der Waals surface area contributed by atoms with Gasteiger partial charge in [-0.3, -0.25) is 0 Å². The van der Waals surface area contributed by atoms with Crippen LogP contribution in [-0.2, 0) is 27.1 Å². The Labute approximate surface area is 359 Å². The van der Waals surface area contributed by atoms with Crippen molar-refractivity contribution < 1.29 is 0 Å². The van der Waals surface area contributed by atoms with E-state index in [4.69, 9.17) is 0 Å².